The third-order valence-electron chi connectivity index (χ3n) is 3.37. The zero-order chi connectivity index (χ0) is 16.9. The first-order valence-corrected chi connectivity index (χ1v) is 8.79. The molecule has 0 unspecified atom stereocenters. The van der Waals surface area contributed by atoms with Crippen molar-refractivity contribution in [3.05, 3.63) is 70.9 Å². The molecule has 0 atom stereocenters. The van der Waals surface area contributed by atoms with Crippen molar-refractivity contribution in [3.8, 4) is 11.3 Å². The molecular weight excluding hydrogens is 346 g/mol. The van der Waals surface area contributed by atoms with Crippen LogP contribution in [0.15, 0.2) is 64.0 Å². The molecule has 1 aromatic heterocycles. The fraction of sp³-hybridized carbons (Fsp3) is 0.111. The lowest BCUT2D eigenvalue weighted by molar-refractivity contribution is 0.0437. The average Bonchev–Trinajstić information content (AvgIpc) is 3.10. The highest BCUT2D eigenvalue weighted by molar-refractivity contribution is 7.98. The van der Waals surface area contributed by atoms with Crippen molar-refractivity contribution in [2.24, 2.45) is 0 Å². The first-order valence-electron chi connectivity index (χ1n) is 7.19. The van der Waals surface area contributed by atoms with Crippen LogP contribution in [0.2, 0.25) is 5.02 Å². The van der Waals surface area contributed by atoms with Crippen LogP contribution < -0.4 is 0 Å². The van der Waals surface area contributed by atoms with Crippen LogP contribution in [0.5, 0.6) is 0 Å². The van der Waals surface area contributed by atoms with Gasteiger partial charge in [0, 0.05) is 16.5 Å². The summed E-state index contributed by atoms with van der Waals surface area (Å²) in [5, 5.41) is 4.35. The van der Waals surface area contributed by atoms with E-state index in [0.29, 0.717) is 22.0 Å². The monoisotopic (exact) mass is 359 g/mol. The Kier molecular flexibility index (Phi) is 5.23. The number of thioether (sulfide) groups is 1. The number of aromatic nitrogens is 1. The van der Waals surface area contributed by atoms with Crippen LogP contribution in [0.3, 0.4) is 0 Å². The van der Waals surface area contributed by atoms with Gasteiger partial charge in [0.25, 0.3) is 0 Å². The Morgan fingerprint density at radius 3 is 2.75 bits per heavy atom. The van der Waals surface area contributed by atoms with Crippen molar-refractivity contribution in [1.82, 2.24) is 5.16 Å². The van der Waals surface area contributed by atoms with Gasteiger partial charge < -0.3 is 9.26 Å². The maximum atomic E-state index is 12.2. The number of benzene rings is 2. The summed E-state index contributed by atoms with van der Waals surface area (Å²) in [5.41, 5.74) is 1.98. The third-order valence-corrected chi connectivity index (χ3v) is 4.42. The van der Waals surface area contributed by atoms with Gasteiger partial charge in [0.1, 0.15) is 5.69 Å². The minimum Gasteiger partial charge on any atom is -0.454 e. The molecule has 4 nitrogen and oxygen atoms in total. The second-order valence-electron chi connectivity index (χ2n) is 4.97. The number of esters is 1. The predicted octanol–water partition coefficient (Wildman–Crippen LogP) is 5.07. The molecule has 0 saturated heterocycles. The quantitative estimate of drug-likeness (QED) is 0.470. The summed E-state index contributed by atoms with van der Waals surface area (Å²) in [6.45, 7) is -0.00150. The Balaban J connectivity index is 1.68. The van der Waals surface area contributed by atoms with Crippen molar-refractivity contribution in [1.29, 1.82) is 0 Å². The van der Waals surface area contributed by atoms with Crippen LogP contribution in [0, 0.1) is 0 Å². The molecule has 0 aliphatic carbocycles. The van der Waals surface area contributed by atoms with Crippen LogP contribution >= 0.6 is 23.4 Å². The minimum atomic E-state index is -0.492. The SMILES string of the molecule is CSc1ccc(Cl)c(C(=O)OCc2cc(-c3ccccc3)no2)c1. The molecule has 2 aromatic carbocycles. The topological polar surface area (TPSA) is 52.3 Å². The van der Waals surface area contributed by atoms with E-state index in [4.69, 9.17) is 20.9 Å². The fourth-order valence-corrected chi connectivity index (χ4v) is 2.76. The van der Waals surface area contributed by atoms with Gasteiger partial charge in [-0.25, -0.2) is 4.79 Å². The van der Waals surface area contributed by atoms with E-state index in [1.807, 2.05) is 42.7 Å². The van der Waals surface area contributed by atoms with E-state index in [1.165, 1.54) is 11.8 Å². The number of nitrogens with zero attached hydrogens (tertiary/aromatic N) is 1. The smallest absolute Gasteiger partial charge is 0.340 e. The van der Waals surface area contributed by atoms with E-state index in [0.717, 1.165) is 10.5 Å². The maximum Gasteiger partial charge on any atom is 0.340 e. The molecular formula is C18H14ClNO3S. The van der Waals surface area contributed by atoms with Crippen molar-refractivity contribution < 1.29 is 14.1 Å². The molecule has 1 heterocycles. The number of halogens is 1. The molecule has 3 aromatic rings. The second-order valence-corrected chi connectivity index (χ2v) is 6.25. The van der Waals surface area contributed by atoms with E-state index >= 15 is 0 Å². The molecule has 0 amide bonds. The predicted molar refractivity (Wildman–Crippen MR) is 94.3 cm³/mol. The third kappa shape index (κ3) is 3.80. The Labute approximate surface area is 148 Å². The number of ether oxygens (including phenoxy) is 1. The molecule has 0 radical (unpaired) electrons. The zero-order valence-electron chi connectivity index (χ0n) is 12.9. The number of hydrogen-bond donors (Lipinski definition) is 0. The summed E-state index contributed by atoms with van der Waals surface area (Å²) in [4.78, 5) is 13.1. The van der Waals surface area contributed by atoms with Gasteiger partial charge in [-0.05, 0) is 24.5 Å². The Morgan fingerprint density at radius 1 is 1.21 bits per heavy atom. The van der Waals surface area contributed by atoms with Gasteiger partial charge in [-0.1, -0.05) is 47.1 Å². The largest absolute Gasteiger partial charge is 0.454 e. The first-order chi connectivity index (χ1) is 11.7. The Hall–Kier alpha value is -2.24. The molecule has 24 heavy (non-hydrogen) atoms. The lowest BCUT2D eigenvalue weighted by Crippen LogP contribution is -2.05. The summed E-state index contributed by atoms with van der Waals surface area (Å²) in [6.07, 6.45) is 1.93. The van der Waals surface area contributed by atoms with Crippen molar-refractivity contribution in [2.45, 2.75) is 11.5 Å². The van der Waals surface area contributed by atoms with Crippen LogP contribution in [0.4, 0.5) is 0 Å². The Bertz CT molecular complexity index is 848. The lowest BCUT2D eigenvalue weighted by atomic mass is 10.1. The standard InChI is InChI=1S/C18H14ClNO3S/c1-24-14-7-8-16(19)15(10-14)18(21)22-11-13-9-17(20-23-13)12-5-3-2-4-6-12/h2-10H,11H2,1H3. The van der Waals surface area contributed by atoms with Crippen LogP contribution in [0.1, 0.15) is 16.1 Å². The van der Waals surface area contributed by atoms with E-state index in [9.17, 15) is 4.79 Å². The number of carbonyl (C=O) groups is 1. The van der Waals surface area contributed by atoms with Gasteiger partial charge >= 0.3 is 5.97 Å². The molecule has 0 bridgehead atoms. The molecule has 6 heteroatoms. The molecule has 0 saturated carbocycles. The number of rotatable bonds is 5. The summed E-state index contributed by atoms with van der Waals surface area (Å²) in [7, 11) is 0. The maximum absolute atomic E-state index is 12.2. The van der Waals surface area contributed by atoms with Gasteiger partial charge in [-0.15, -0.1) is 11.8 Å². The summed E-state index contributed by atoms with van der Waals surface area (Å²) in [6, 6.07) is 16.6. The highest BCUT2D eigenvalue weighted by Gasteiger charge is 2.14. The molecule has 0 fully saturated rings. The van der Waals surface area contributed by atoms with Gasteiger partial charge in [-0.2, -0.15) is 0 Å². The number of hydrogen-bond acceptors (Lipinski definition) is 5. The van der Waals surface area contributed by atoms with E-state index in [-0.39, 0.29) is 6.61 Å². The average molecular weight is 360 g/mol. The lowest BCUT2D eigenvalue weighted by Gasteiger charge is -2.06. The van der Waals surface area contributed by atoms with Crippen molar-refractivity contribution >= 4 is 29.3 Å². The molecule has 0 N–H and O–H groups in total. The van der Waals surface area contributed by atoms with Crippen molar-refractivity contribution in [3.63, 3.8) is 0 Å². The molecule has 3 rings (SSSR count). The molecule has 0 aliphatic heterocycles. The highest BCUT2D eigenvalue weighted by atomic mass is 35.5. The fourth-order valence-electron chi connectivity index (χ4n) is 2.13. The second kappa shape index (κ2) is 7.55. The minimum absolute atomic E-state index is 0.00150. The summed E-state index contributed by atoms with van der Waals surface area (Å²) in [5.74, 6) is -0.0205. The summed E-state index contributed by atoms with van der Waals surface area (Å²) < 4.78 is 10.5. The van der Waals surface area contributed by atoms with Crippen LogP contribution in [0.25, 0.3) is 11.3 Å². The van der Waals surface area contributed by atoms with Gasteiger partial charge in [0.05, 0.1) is 10.6 Å². The Morgan fingerprint density at radius 2 is 2.00 bits per heavy atom. The first kappa shape index (κ1) is 16.6. The van der Waals surface area contributed by atoms with E-state index in [1.54, 1.807) is 18.2 Å². The molecule has 0 spiro atoms. The van der Waals surface area contributed by atoms with E-state index in [2.05, 4.69) is 5.16 Å². The highest BCUT2D eigenvalue weighted by Crippen LogP contribution is 2.24. The van der Waals surface area contributed by atoms with Crippen molar-refractivity contribution in [2.75, 3.05) is 6.26 Å². The summed E-state index contributed by atoms with van der Waals surface area (Å²) >= 11 is 7.60. The number of carbonyl (C=O) groups excluding carboxylic acids is 1. The van der Waals surface area contributed by atoms with Crippen LogP contribution in [-0.4, -0.2) is 17.4 Å². The molecule has 0 aliphatic rings. The van der Waals surface area contributed by atoms with E-state index < -0.39 is 5.97 Å². The van der Waals surface area contributed by atoms with Gasteiger partial charge in [-0.3, -0.25) is 0 Å². The molecule has 122 valence electrons. The van der Waals surface area contributed by atoms with Gasteiger partial charge in [0.15, 0.2) is 12.4 Å². The zero-order valence-corrected chi connectivity index (χ0v) is 14.4. The van der Waals surface area contributed by atoms with Crippen LogP contribution in [-0.2, 0) is 11.3 Å². The van der Waals surface area contributed by atoms with Gasteiger partial charge in [0.2, 0.25) is 0 Å². The normalized spacial score (nSPS) is 10.6.